The molecule has 0 bridgehead atoms. The van der Waals surface area contributed by atoms with E-state index in [-0.39, 0.29) is 16.7 Å². The summed E-state index contributed by atoms with van der Waals surface area (Å²) in [7, 11) is 0. The lowest BCUT2D eigenvalue weighted by Gasteiger charge is -2.39. The summed E-state index contributed by atoms with van der Waals surface area (Å²) in [6.45, 7) is 2.22. The Balaban J connectivity index is 1.34. The maximum absolute atomic E-state index is 15.2. The molecule has 4 rings (SSSR count). The van der Waals surface area contributed by atoms with Gasteiger partial charge in [0, 0.05) is 17.9 Å². The molecule has 0 spiro atoms. The molecule has 38 heavy (non-hydrogen) atoms. The molecule has 0 N–H and O–H groups in total. The molecular formula is C30H35F7O. The SMILES string of the molecule is CCCC1CCC(C2CCC(C(F)(F)Cc3ccc(-c4ccc(OC(F)(F)F)c(F)c4)c(F)c3)CC2)CC1. The number of rotatable bonds is 8. The summed E-state index contributed by atoms with van der Waals surface area (Å²) in [5, 5.41) is 0. The zero-order valence-electron chi connectivity index (χ0n) is 21.6. The summed E-state index contributed by atoms with van der Waals surface area (Å²) in [6, 6.07) is 6.19. The van der Waals surface area contributed by atoms with Gasteiger partial charge in [0.1, 0.15) is 5.82 Å². The molecule has 0 atom stereocenters. The van der Waals surface area contributed by atoms with Crippen molar-refractivity contribution in [1.82, 2.24) is 0 Å². The lowest BCUT2D eigenvalue weighted by atomic mass is 9.67. The fourth-order valence-corrected chi connectivity index (χ4v) is 6.56. The number of benzene rings is 2. The first-order chi connectivity index (χ1) is 17.9. The number of hydrogen-bond donors (Lipinski definition) is 0. The third-order valence-corrected chi connectivity index (χ3v) is 8.57. The smallest absolute Gasteiger partial charge is 0.403 e. The van der Waals surface area contributed by atoms with Gasteiger partial charge in [-0.1, -0.05) is 50.8 Å². The summed E-state index contributed by atoms with van der Waals surface area (Å²) in [4.78, 5) is 0. The highest BCUT2D eigenvalue weighted by atomic mass is 19.4. The van der Waals surface area contributed by atoms with Crippen molar-refractivity contribution in [2.45, 2.75) is 89.8 Å². The first-order valence-corrected chi connectivity index (χ1v) is 13.7. The third-order valence-electron chi connectivity index (χ3n) is 8.57. The molecule has 0 aromatic heterocycles. The molecule has 0 heterocycles. The Hall–Kier alpha value is -2.25. The molecular weight excluding hydrogens is 509 g/mol. The van der Waals surface area contributed by atoms with Crippen LogP contribution in [0.25, 0.3) is 11.1 Å². The van der Waals surface area contributed by atoms with E-state index in [0.29, 0.717) is 24.7 Å². The second kappa shape index (κ2) is 11.9. The van der Waals surface area contributed by atoms with Crippen LogP contribution in [0.4, 0.5) is 30.7 Å². The first kappa shape index (κ1) is 28.8. The molecule has 1 nitrogen and oxygen atoms in total. The van der Waals surface area contributed by atoms with E-state index in [9.17, 15) is 22.0 Å². The number of halogens is 7. The average Bonchev–Trinajstić information content (AvgIpc) is 2.85. The van der Waals surface area contributed by atoms with Crippen LogP contribution in [-0.2, 0) is 6.42 Å². The molecule has 0 saturated heterocycles. The van der Waals surface area contributed by atoms with Crippen LogP contribution in [-0.4, -0.2) is 12.3 Å². The highest BCUT2D eigenvalue weighted by molar-refractivity contribution is 5.65. The fourth-order valence-electron chi connectivity index (χ4n) is 6.56. The Kier molecular flexibility index (Phi) is 8.98. The van der Waals surface area contributed by atoms with E-state index in [1.807, 2.05) is 0 Å². The van der Waals surface area contributed by atoms with Crippen molar-refractivity contribution in [3.63, 3.8) is 0 Å². The molecule has 8 heteroatoms. The van der Waals surface area contributed by atoms with Crippen molar-refractivity contribution >= 4 is 0 Å². The highest BCUT2D eigenvalue weighted by Crippen LogP contribution is 2.46. The maximum atomic E-state index is 15.2. The first-order valence-electron chi connectivity index (χ1n) is 13.7. The molecule has 0 radical (unpaired) electrons. The van der Waals surface area contributed by atoms with Crippen molar-refractivity contribution in [1.29, 1.82) is 0 Å². The van der Waals surface area contributed by atoms with E-state index in [1.54, 1.807) is 0 Å². The van der Waals surface area contributed by atoms with Gasteiger partial charge in [0.2, 0.25) is 0 Å². The van der Waals surface area contributed by atoms with Crippen LogP contribution < -0.4 is 4.74 Å². The monoisotopic (exact) mass is 544 g/mol. The van der Waals surface area contributed by atoms with Crippen molar-refractivity contribution in [3.8, 4) is 16.9 Å². The van der Waals surface area contributed by atoms with Gasteiger partial charge in [-0.15, -0.1) is 13.2 Å². The summed E-state index contributed by atoms with van der Waals surface area (Å²) in [5.41, 5.74) is 0.0173. The minimum absolute atomic E-state index is 0.0186. The zero-order chi connectivity index (χ0) is 27.5. The molecule has 2 aliphatic carbocycles. The molecule has 0 aliphatic heterocycles. The lowest BCUT2D eigenvalue weighted by molar-refractivity contribution is -0.275. The normalized spacial score (nSPS) is 24.8. The number of hydrogen-bond acceptors (Lipinski definition) is 1. The Bertz CT molecular complexity index is 1060. The van der Waals surface area contributed by atoms with Crippen LogP contribution in [0.15, 0.2) is 36.4 Å². The lowest BCUT2D eigenvalue weighted by Crippen LogP contribution is -2.35. The van der Waals surface area contributed by atoms with Crippen molar-refractivity contribution in [2.24, 2.45) is 23.7 Å². The van der Waals surface area contributed by atoms with Gasteiger partial charge in [0.15, 0.2) is 11.6 Å². The molecule has 2 fully saturated rings. The van der Waals surface area contributed by atoms with Crippen LogP contribution in [0.5, 0.6) is 5.75 Å². The molecule has 210 valence electrons. The number of alkyl halides is 5. The number of ether oxygens (including phenoxy) is 1. The van der Waals surface area contributed by atoms with Crippen molar-refractivity contribution in [3.05, 3.63) is 53.6 Å². The summed E-state index contributed by atoms with van der Waals surface area (Å²) in [6.07, 6.45) is 4.37. The van der Waals surface area contributed by atoms with E-state index in [1.165, 1.54) is 50.7 Å². The molecule has 2 aromatic rings. The Morgan fingerprint density at radius 2 is 1.39 bits per heavy atom. The molecule has 2 aliphatic rings. The summed E-state index contributed by atoms with van der Waals surface area (Å²) >= 11 is 0. The van der Waals surface area contributed by atoms with Crippen LogP contribution in [0, 0.1) is 35.3 Å². The molecule has 0 amide bonds. The summed E-state index contributed by atoms with van der Waals surface area (Å²) < 4.78 is 99.9. The fraction of sp³-hybridized carbons (Fsp3) is 0.600. The second-order valence-corrected chi connectivity index (χ2v) is 11.1. The Morgan fingerprint density at radius 1 is 0.763 bits per heavy atom. The minimum Gasteiger partial charge on any atom is -0.403 e. The van der Waals surface area contributed by atoms with Gasteiger partial charge >= 0.3 is 6.36 Å². The van der Waals surface area contributed by atoms with Crippen LogP contribution in [0.2, 0.25) is 0 Å². The van der Waals surface area contributed by atoms with Gasteiger partial charge in [0.25, 0.3) is 5.92 Å². The predicted molar refractivity (Wildman–Crippen MR) is 133 cm³/mol. The topological polar surface area (TPSA) is 9.23 Å². The van der Waals surface area contributed by atoms with Crippen molar-refractivity contribution in [2.75, 3.05) is 0 Å². The van der Waals surface area contributed by atoms with E-state index in [2.05, 4.69) is 11.7 Å². The van der Waals surface area contributed by atoms with E-state index in [4.69, 9.17) is 0 Å². The molecule has 2 aromatic carbocycles. The van der Waals surface area contributed by atoms with E-state index >= 15 is 8.78 Å². The van der Waals surface area contributed by atoms with Crippen LogP contribution in [0.1, 0.15) is 76.7 Å². The van der Waals surface area contributed by atoms with Gasteiger partial charge in [-0.25, -0.2) is 17.6 Å². The van der Waals surface area contributed by atoms with Gasteiger partial charge in [-0.3, -0.25) is 0 Å². The van der Waals surface area contributed by atoms with Gasteiger partial charge in [-0.2, -0.15) is 0 Å². The van der Waals surface area contributed by atoms with Crippen molar-refractivity contribution < 1.29 is 35.5 Å². The Labute approximate surface area is 219 Å². The van der Waals surface area contributed by atoms with Gasteiger partial charge in [0.05, 0.1) is 0 Å². The maximum Gasteiger partial charge on any atom is 0.573 e. The van der Waals surface area contributed by atoms with E-state index < -0.39 is 42.0 Å². The predicted octanol–water partition coefficient (Wildman–Crippen LogP) is 10.1. The second-order valence-electron chi connectivity index (χ2n) is 11.1. The summed E-state index contributed by atoms with van der Waals surface area (Å²) in [5.74, 6) is -4.90. The highest BCUT2D eigenvalue weighted by Gasteiger charge is 2.42. The van der Waals surface area contributed by atoms with E-state index in [0.717, 1.165) is 43.0 Å². The molecule has 2 saturated carbocycles. The van der Waals surface area contributed by atoms with Crippen LogP contribution in [0.3, 0.4) is 0 Å². The quantitative estimate of drug-likeness (QED) is 0.301. The Morgan fingerprint density at radius 3 is 1.95 bits per heavy atom. The standard InChI is InChI=1S/C30H35F7O/c1-2-3-19-4-7-21(8-5-19)22-9-12-24(13-10-22)29(33,34)18-20-6-14-25(26(31)16-20)23-11-15-28(27(32)17-23)38-30(35,36)37/h6,11,14-17,19,21-22,24H,2-5,7-10,12-13,18H2,1H3. The third kappa shape index (κ3) is 7.23. The minimum atomic E-state index is -5.06. The molecule has 0 unspecified atom stereocenters. The van der Waals surface area contributed by atoms with Gasteiger partial charge in [-0.05, 0) is 85.6 Å². The average molecular weight is 545 g/mol. The van der Waals surface area contributed by atoms with Gasteiger partial charge < -0.3 is 4.74 Å². The van der Waals surface area contributed by atoms with Crippen LogP contribution >= 0.6 is 0 Å². The zero-order valence-corrected chi connectivity index (χ0v) is 21.6. The largest absolute Gasteiger partial charge is 0.573 e.